The molecule has 0 radical (unpaired) electrons. The van der Waals surface area contributed by atoms with Crippen LogP contribution >= 0.6 is 0 Å². The molecule has 2 saturated carbocycles. The third-order valence-electron chi connectivity index (χ3n) is 7.01. The van der Waals surface area contributed by atoms with Crippen molar-refractivity contribution in [2.45, 2.75) is 59.1 Å². The van der Waals surface area contributed by atoms with E-state index in [9.17, 15) is 4.79 Å². The van der Waals surface area contributed by atoms with Crippen molar-refractivity contribution in [3.63, 3.8) is 0 Å². The number of ether oxygens (including phenoxy) is 1. The van der Waals surface area contributed by atoms with Gasteiger partial charge in [0, 0.05) is 31.6 Å². The van der Waals surface area contributed by atoms with Gasteiger partial charge >= 0.3 is 5.97 Å². The van der Waals surface area contributed by atoms with Crippen molar-refractivity contribution < 1.29 is 9.53 Å². The Morgan fingerprint density at radius 1 is 1.29 bits per heavy atom. The summed E-state index contributed by atoms with van der Waals surface area (Å²) in [7, 11) is 0. The lowest BCUT2D eigenvalue weighted by atomic mass is 9.70. The van der Waals surface area contributed by atoms with Crippen LogP contribution in [0.1, 0.15) is 47.0 Å². The minimum Gasteiger partial charge on any atom is -0.461 e. The second kappa shape index (κ2) is 5.24. The molecule has 1 N–H and O–H groups in total. The molecule has 4 nitrogen and oxygen atoms in total. The first-order valence-corrected chi connectivity index (χ1v) is 8.51. The van der Waals surface area contributed by atoms with Gasteiger partial charge in [-0.3, -0.25) is 9.69 Å². The van der Waals surface area contributed by atoms with E-state index in [0.717, 1.165) is 38.5 Å². The second-order valence-corrected chi connectivity index (χ2v) is 8.00. The lowest BCUT2D eigenvalue weighted by molar-refractivity contribution is -0.162. The van der Waals surface area contributed by atoms with Crippen LogP contribution in [0.15, 0.2) is 0 Å². The van der Waals surface area contributed by atoms with Gasteiger partial charge in [-0.05, 0) is 37.5 Å². The molecule has 0 aromatic carbocycles. The van der Waals surface area contributed by atoms with Crippen molar-refractivity contribution >= 4 is 5.97 Å². The third-order valence-corrected chi connectivity index (χ3v) is 7.01. The molecule has 3 aliphatic rings. The molecule has 0 aromatic rings. The van der Waals surface area contributed by atoms with E-state index in [1.807, 2.05) is 6.92 Å². The minimum atomic E-state index is -0.113. The van der Waals surface area contributed by atoms with Gasteiger partial charge in [0.25, 0.3) is 0 Å². The van der Waals surface area contributed by atoms with E-state index in [4.69, 9.17) is 4.74 Å². The van der Waals surface area contributed by atoms with Gasteiger partial charge in [-0.25, -0.2) is 0 Å². The lowest BCUT2D eigenvalue weighted by Gasteiger charge is -2.39. The van der Waals surface area contributed by atoms with Crippen LogP contribution in [0.2, 0.25) is 0 Å². The van der Waals surface area contributed by atoms with Gasteiger partial charge in [0.1, 0.15) is 12.1 Å². The van der Waals surface area contributed by atoms with E-state index in [0.29, 0.717) is 5.41 Å². The topological polar surface area (TPSA) is 41.6 Å². The number of carbonyl (C=O) groups is 1. The highest BCUT2D eigenvalue weighted by Gasteiger charge is 2.63. The highest BCUT2D eigenvalue weighted by atomic mass is 16.5. The quantitative estimate of drug-likeness (QED) is 0.809. The number of fused-ring (bicyclic) bond motifs is 2. The minimum absolute atomic E-state index is 0.0218. The fourth-order valence-corrected chi connectivity index (χ4v) is 4.77. The van der Waals surface area contributed by atoms with E-state index < -0.39 is 0 Å². The molecule has 4 unspecified atom stereocenters. The zero-order valence-corrected chi connectivity index (χ0v) is 13.9. The monoisotopic (exact) mass is 294 g/mol. The van der Waals surface area contributed by atoms with E-state index >= 15 is 0 Å². The summed E-state index contributed by atoms with van der Waals surface area (Å²) >= 11 is 0. The molecule has 120 valence electrons. The van der Waals surface area contributed by atoms with Crippen LogP contribution in [0.4, 0.5) is 0 Å². The Morgan fingerprint density at radius 2 is 1.95 bits per heavy atom. The molecule has 2 bridgehead atoms. The van der Waals surface area contributed by atoms with Crippen molar-refractivity contribution in [1.29, 1.82) is 0 Å². The van der Waals surface area contributed by atoms with Crippen LogP contribution in [0.25, 0.3) is 0 Å². The number of rotatable bonds is 3. The van der Waals surface area contributed by atoms with E-state index in [1.165, 1.54) is 12.8 Å². The summed E-state index contributed by atoms with van der Waals surface area (Å²) in [6.45, 7) is 12.8. The molecule has 0 aromatic heterocycles. The van der Waals surface area contributed by atoms with Gasteiger partial charge in [-0.15, -0.1) is 0 Å². The maximum absolute atomic E-state index is 12.5. The maximum Gasteiger partial charge on any atom is 0.323 e. The van der Waals surface area contributed by atoms with Crippen LogP contribution in [0, 0.1) is 16.7 Å². The number of piperazine rings is 1. The lowest BCUT2D eigenvalue weighted by Crippen LogP contribution is -2.51. The number of hydrogen-bond donors (Lipinski definition) is 1. The average molecular weight is 294 g/mol. The van der Waals surface area contributed by atoms with Crippen molar-refractivity contribution in [3.8, 4) is 0 Å². The second-order valence-electron chi connectivity index (χ2n) is 8.00. The zero-order chi connectivity index (χ0) is 15.3. The smallest absolute Gasteiger partial charge is 0.323 e. The number of nitrogens with zero attached hydrogens (tertiary/aromatic N) is 1. The molecule has 0 amide bonds. The molecule has 21 heavy (non-hydrogen) atoms. The van der Waals surface area contributed by atoms with Crippen molar-refractivity contribution in [3.05, 3.63) is 0 Å². The fraction of sp³-hybridized carbons (Fsp3) is 0.941. The Labute approximate surface area is 128 Å². The predicted octanol–water partition coefficient (Wildman–Crippen LogP) is 2.04. The summed E-state index contributed by atoms with van der Waals surface area (Å²) in [5, 5.41) is 3.33. The molecular formula is C17H30N2O2. The van der Waals surface area contributed by atoms with Crippen LogP contribution in [0.3, 0.4) is 0 Å². The van der Waals surface area contributed by atoms with Crippen molar-refractivity contribution in [2.75, 3.05) is 26.2 Å². The van der Waals surface area contributed by atoms with E-state index in [1.54, 1.807) is 0 Å². The van der Waals surface area contributed by atoms with E-state index in [-0.39, 0.29) is 23.5 Å². The molecule has 3 rings (SSSR count). The van der Waals surface area contributed by atoms with Gasteiger partial charge < -0.3 is 10.1 Å². The Hall–Kier alpha value is -0.610. The van der Waals surface area contributed by atoms with Gasteiger partial charge in [0.05, 0.1) is 0 Å². The highest BCUT2D eigenvalue weighted by Crippen LogP contribution is 2.66. The molecule has 4 heteroatoms. The summed E-state index contributed by atoms with van der Waals surface area (Å²) in [6, 6.07) is -0.113. The first kappa shape index (κ1) is 15.3. The van der Waals surface area contributed by atoms with Crippen molar-refractivity contribution in [2.24, 2.45) is 16.7 Å². The first-order chi connectivity index (χ1) is 9.86. The van der Waals surface area contributed by atoms with Crippen molar-refractivity contribution in [1.82, 2.24) is 10.2 Å². The standard InChI is InChI=1S/C17H30N2O2/c1-12(19-9-7-18-8-10-19)15(20)21-14-11-13-5-6-17(14,4)16(13,2)3/h12-14,18H,5-11H2,1-4H3. The zero-order valence-electron chi connectivity index (χ0n) is 13.9. The Balaban J connectivity index is 1.63. The Morgan fingerprint density at radius 3 is 2.48 bits per heavy atom. The number of esters is 1. The van der Waals surface area contributed by atoms with Gasteiger partial charge in [0.2, 0.25) is 0 Å². The molecule has 1 saturated heterocycles. The largest absolute Gasteiger partial charge is 0.461 e. The normalized spacial score (nSPS) is 40.2. The molecule has 2 aliphatic carbocycles. The summed E-state index contributed by atoms with van der Waals surface area (Å²) in [6.07, 6.45) is 3.67. The fourth-order valence-electron chi connectivity index (χ4n) is 4.77. The number of hydrogen-bond acceptors (Lipinski definition) is 4. The summed E-state index contributed by atoms with van der Waals surface area (Å²) in [4.78, 5) is 14.8. The first-order valence-electron chi connectivity index (χ1n) is 8.51. The Bertz CT molecular complexity index is 417. The van der Waals surface area contributed by atoms with Gasteiger partial charge in [-0.1, -0.05) is 20.8 Å². The molecule has 1 aliphatic heterocycles. The van der Waals surface area contributed by atoms with Gasteiger partial charge in [-0.2, -0.15) is 0 Å². The molecular weight excluding hydrogens is 264 g/mol. The summed E-state index contributed by atoms with van der Waals surface area (Å²) < 4.78 is 6.00. The maximum atomic E-state index is 12.5. The van der Waals surface area contributed by atoms with E-state index in [2.05, 4.69) is 31.0 Å². The number of carbonyl (C=O) groups excluding carboxylic acids is 1. The number of nitrogens with one attached hydrogen (secondary N) is 1. The van der Waals surface area contributed by atoms with Gasteiger partial charge in [0.15, 0.2) is 0 Å². The SMILES string of the molecule is CC(C(=O)OC1CC2CCC1(C)C2(C)C)N1CCNCC1. The van der Waals surface area contributed by atoms with Crippen LogP contribution < -0.4 is 5.32 Å². The molecule has 1 heterocycles. The van der Waals surface area contributed by atoms with Crippen LogP contribution in [0.5, 0.6) is 0 Å². The predicted molar refractivity (Wildman–Crippen MR) is 83.0 cm³/mol. The average Bonchev–Trinajstić information content (AvgIpc) is 2.80. The Kier molecular flexibility index (Phi) is 3.81. The van der Waals surface area contributed by atoms with Crippen LogP contribution in [-0.4, -0.2) is 49.2 Å². The molecule has 4 atom stereocenters. The van der Waals surface area contributed by atoms with Crippen LogP contribution in [-0.2, 0) is 9.53 Å². The highest BCUT2D eigenvalue weighted by molar-refractivity contribution is 5.75. The molecule has 3 fully saturated rings. The third kappa shape index (κ3) is 2.31. The summed E-state index contributed by atoms with van der Waals surface area (Å²) in [5.41, 5.74) is 0.465. The summed E-state index contributed by atoms with van der Waals surface area (Å²) in [5.74, 6) is 0.696. The molecule has 0 spiro atoms.